The average Bonchev–Trinajstić information content (AvgIpc) is 2.47. The van der Waals surface area contributed by atoms with E-state index in [-0.39, 0.29) is 42.4 Å². The summed E-state index contributed by atoms with van der Waals surface area (Å²) in [6.45, 7) is -6.11. The molecule has 0 rings (SSSR count). The van der Waals surface area contributed by atoms with Gasteiger partial charge in [0.2, 0.25) is 0 Å². The Morgan fingerprint density at radius 2 is 1.23 bits per heavy atom. The number of carbonyl (C=O) groups is 3. The molecule has 0 aromatic carbocycles. The first kappa shape index (κ1) is 20.8. The smallest absolute Gasteiger partial charge is 0.756 e. The zero-order valence-corrected chi connectivity index (χ0v) is 33.4. The molecule has 11 nitrogen and oxygen atoms in total. The summed E-state index contributed by atoms with van der Waals surface area (Å²) in [4.78, 5) is 49.8. The first-order valence-corrected chi connectivity index (χ1v) is 18.3. The molecule has 0 bridgehead atoms. The van der Waals surface area contributed by atoms with Gasteiger partial charge in [-0.3, -0.25) is 18.9 Å². The van der Waals surface area contributed by atoms with E-state index in [9.17, 15) is 23.8 Å². The number of esters is 2. The number of ether oxygens (including phenoxy) is 2. The van der Waals surface area contributed by atoms with E-state index < -0.39 is 154 Å². The van der Waals surface area contributed by atoms with Gasteiger partial charge in [0.25, 0.3) is 7.82 Å². The van der Waals surface area contributed by atoms with Crippen molar-refractivity contribution in [2.45, 2.75) is 205 Å². The Kier molecular flexibility index (Phi) is 15.5. The number of hydrogen-bond acceptors (Lipinski definition) is 10. The fraction of sp³-hybridized carbons (Fsp3) is 0.875. The average molecular weight is 815 g/mol. The van der Waals surface area contributed by atoms with E-state index in [1.165, 1.54) is 19.3 Å². The maximum absolute atomic E-state index is 13.4. The second-order valence-corrected chi connectivity index (χ2v) is 12.2. The van der Waals surface area contributed by atoms with Crippen LogP contribution >= 0.6 is 7.82 Å². The normalized spacial score (nSPS) is 26.4. The van der Waals surface area contributed by atoms with Gasteiger partial charge in [0.05, 0.1) is 13.2 Å². The first-order chi connectivity index (χ1) is 36.8. The van der Waals surface area contributed by atoms with Gasteiger partial charge in [-0.1, -0.05) is 154 Å². The number of phosphoric acid groups is 1. The van der Waals surface area contributed by atoms with Crippen molar-refractivity contribution < 1.29 is 120 Å². The van der Waals surface area contributed by atoms with Gasteiger partial charge in [-0.05, 0) is 38.5 Å². The van der Waals surface area contributed by atoms with E-state index in [0.717, 1.165) is 44.9 Å². The van der Waals surface area contributed by atoms with Gasteiger partial charge in [-0.25, -0.2) is 0 Å². The van der Waals surface area contributed by atoms with Crippen molar-refractivity contribution in [1.29, 1.82) is 0 Å². The third kappa shape index (κ3) is 39.3. The number of hydrogen-bond donors (Lipinski definition) is 2. The molecule has 0 spiro atoms. The fourth-order valence-electron chi connectivity index (χ4n) is 3.79. The molecule has 0 fully saturated rings. The second kappa shape index (κ2) is 39.5. The molecule has 0 aliphatic rings. The van der Waals surface area contributed by atoms with Gasteiger partial charge in [0.15, 0.2) is 6.10 Å². The van der Waals surface area contributed by atoms with Crippen LogP contribution in [0.2, 0.25) is 0 Å². The predicted octanol–water partition coefficient (Wildman–Crippen LogP) is 6.88. The van der Waals surface area contributed by atoms with E-state index in [0.29, 0.717) is 12.8 Å². The zero-order valence-electron chi connectivity index (χ0n) is 61.5. The molecular weight excluding hydrogens is 708 g/mol. The molecule has 0 aliphatic heterocycles. The minimum absolute atomic E-state index is 0. The molecule has 0 radical (unpaired) electrons. The predicted molar refractivity (Wildman–Crippen MR) is 206 cm³/mol. The number of allylic oxidation sites excluding steroid dienone is 2. The second-order valence-electron chi connectivity index (χ2n) is 10.8. The monoisotopic (exact) mass is 815 g/mol. The van der Waals surface area contributed by atoms with Crippen molar-refractivity contribution in [3.63, 3.8) is 0 Å². The van der Waals surface area contributed by atoms with Crippen LogP contribution in [0, 0.1) is 0 Å². The van der Waals surface area contributed by atoms with Crippen LogP contribution in [0.4, 0.5) is 0 Å². The largest absolute Gasteiger partial charge is 1.00 e. The summed E-state index contributed by atoms with van der Waals surface area (Å²) >= 11 is 0. The number of carbonyl (C=O) groups excluding carboxylic acids is 2. The van der Waals surface area contributed by atoms with Crippen molar-refractivity contribution in [3.8, 4) is 0 Å². The Morgan fingerprint density at radius 3 is 1.77 bits per heavy atom. The fourth-order valence-corrected chi connectivity index (χ4v) is 4.55. The van der Waals surface area contributed by atoms with Crippen molar-refractivity contribution in [1.82, 2.24) is 0 Å². The van der Waals surface area contributed by atoms with E-state index >= 15 is 0 Å². The maximum Gasteiger partial charge on any atom is 1.00 e. The van der Waals surface area contributed by atoms with Crippen LogP contribution in [0.1, 0.15) is 235 Å². The Labute approximate surface area is 388 Å². The van der Waals surface area contributed by atoms with Crippen LogP contribution in [-0.2, 0) is 37.5 Å². The number of carboxylic acids is 1. The number of carboxylic acid groups (broad SMARTS) is 1. The van der Waals surface area contributed by atoms with Gasteiger partial charge < -0.3 is 34.3 Å². The van der Waals surface area contributed by atoms with Crippen LogP contribution in [-0.4, -0.2) is 55.0 Å². The summed E-state index contributed by atoms with van der Waals surface area (Å²) < 4.78 is 285. The van der Waals surface area contributed by atoms with Gasteiger partial charge in [-0.15, -0.1) is 0 Å². The van der Waals surface area contributed by atoms with Crippen molar-refractivity contribution in [3.05, 3.63) is 12.2 Å². The Bertz CT molecular complexity index is 2220. The third-order valence-corrected chi connectivity index (χ3v) is 7.33. The molecule has 0 aliphatic carbocycles. The number of phosphoric ester groups is 1. The molecule has 1 unspecified atom stereocenters. The summed E-state index contributed by atoms with van der Waals surface area (Å²) in [5.41, 5.74) is 5.22. The van der Waals surface area contributed by atoms with Crippen molar-refractivity contribution in [2.24, 2.45) is 5.73 Å². The molecule has 53 heavy (non-hydrogen) atoms. The topological polar surface area (TPSA) is 175 Å². The molecule has 0 aromatic rings. The number of unbranched alkanes of at least 4 members (excludes halogenated alkanes) is 11. The first-order valence-electron chi connectivity index (χ1n) is 32.4. The molecule has 3 atom stereocenters. The van der Waals surface area contributed by atoms with Crippen LogP contribution in [0.5, 0.6) is 0 Å². The number of aliphatic carboxylic acids is 1. The minimum Gasteiger partial charge on any atom is -0.756 e. The van der Waals surface area contributed by atoms with E-state index in [2.05, 4.69) is 28.1 Å². The summed E-state index contributed by atoms with van der Waals surface area (Å²) in [5, 5.41) is 8.94. The molecular formula is C40H75NNaO10P. The molecule has 0 aromatic heterocycles. The minimum atomic E-state index is -5.57. The SMILES string of the molecule is [2H]C([2H])([2H])C([2H])([2H])C([2H])([2H])C([2H])([2H])C([2H])([2H])C([2H])([2H])C([2H])([2H])C([2H])([2H])C([2H])([2H])C([2H])([2H])C([2H])([2H])C([2H])([2H])C([2H])([2H])C([2H])([2H])C([2H])([2H])C(=O)OC[C@H](COP(=O)([O-])OC[C@H](N)C(=O)O)OC(=O)CCCCCCC/C=C/CCCCCCCC.[Na+]. The van der Waals surface area contributed by atoms with Crippen LogP contribution in [0.3, 0.4) is 0 Å². The summed E-state index contributed by atoms with van der Waals surface area (Å²) in [6.07, 6.45) is -56.9. The van der Waals surface area contributed by atoms with E-state index in [4.69, 9.17) is 62.8 Å². The number of nitrogens with two attached hydrogens (primary N) is 1. The molecule has 0 heterocycles. The maximum atomic E-state index is 13.4. The van der Waals surface area contributed by atoms with Crippen LogP contribution in [0.25, 0.3) is 0 Å². The van der Waals surface area contributed by atoms with Gasteiger partial charge >= 0.3 is 47.5 Å². The van der Waals surface area contributed by atoms with Crippen molar-refractivity contribution >= 4 is 25.7 Å². The van der Waals surface area contributed by atoms with Gasteiger partial charge in [-0.2, -0.15) is 0 Å². The van der Waals surface area contributed by atoms with Crippen LogP contribution in [0.15, 0.2) is 12.2 Å². The molecule has 0 amide bonds. The molecule has 13 heteroatoms. The molecule has 306 valence electrons. The van der Waals surface area contributed by atoms with Crippen molar-refractivity contribution in [2.75, 3.05) is 19.8 Å². The Balaban J connectivity index is 0. The third-order valence-electron chi connectivity index (χ3n) is 6.40. The Morgan fingerprint density at radius 1 is 0.736 bits per heavy atom. The molecule has 3 N–H and O–H groups in total. The molecule has 0 saturated carbocycles. The Hall–Kier alpha value is -0.780. The summed E-state index contributed by atoms with van der Waals surface area (Å²) in [7, 11) is -5.57. The zero-order chi connectivity index (χ0) is 66.2. The summed E-state index contributed by atoms with van der Waals surface area (Å²) in [6, 6.07) is -1.91. The van der Waals surface area contributed by atoms with Gasteiger partial charge in [0, 0.05) is 55.3 Å². The van der Waals surface area contributed by atoms with Crippen LogP contribution < -0.4 is 40.2 Å². The molecule has 0 saturated heterocycles. The van der Waals surface area contributed by atoms with E-state index in [1.54, 1.807) is 0 Å². The number of rotatable bonds is 39. The van der Waals surface area contributed by atoms with Gasteiger partial charge in [0.1, 0.15) is 12.6 Å². The standard InChI is InChI=1S/C40H76NO10P.Na/c1-3-5-7-9-11-13-15-17-18-20-22-24-26-28-30-32-39(43)51-36(34-49-52(46,47)50-35-37(41)40(44)45)33-48-38(42)31-29-27-25-23-21-19-16-14-12-10-8-6-4-2;/h17-18,36-37H,3-16,19-35,41H2,1-2H3,(H,44,45)(H,46,47);/q;+1/p-1/b18-17+;/t36-,37+;/m1./s1/i2D3,4D2,6D2,8D2,10D2,12D2,14D2,16D2,19D2,21D2,23D2,25D2,27D2,29D2,31D2;. The quantitative estimate of drug-likeness (QED) is 0.0218. The summed E-state index contributed by atoms with van der Waals surface area (Å²) in [5.74, 6) is -5.41. The van der Waals surface area contributed by atoms with E-state index in [1.807, 2.05) is 0 Å².